The third kappa shape index (κ3) is 4.27. The normalized spacial score (nSPS) is 10.4. The van der Waals surface area contributed by atoms with Gasteiger partial charge in [-0.15, -0.1) is 10.2 Å². The van der Waals surface area contributed by atoms with E-state index in [4.69, 9.17) is 5.73 Å². The van der Waals surface area contributed by atoms with E-state index in [9.17, 15) is 4.79 Å². The number of nitrogen functional groups attached to an aromatic ring is 1. The maximum atomic E-state index is 11.8. The zero-order valence-corrected chi connectivity index (χ0v) is 12.1. The van der Waals surface area contributed by atoms with Crippen LogP contribution in [0.2, 0.25) is 0 Å². The fourth-order valence-electron chi connectivity index (χ4n) is 1.64. The second-order valence-corrected chi connectivity index (χ2v) is 5.41. The second kappa shape index (κ2) is 6.95. The van der Waals surface area contributed by atoms with E-state index >= 15 is 0 Å². The number of aromatic nitrogens is 3. The van der Waals surface area contributed by atoms with Crippen LogP contribution in [0.15, 0.2) is 35.7 Å². The molecule has 1 heterocycles. The summed E-state index contributed by atoms with van der Waals surface area (Å²) in [5.74, 6) is 0.825. The van der Waals surface area contributed by atoms with Crippen LogP contribution in [0.4, 0.5) is 11.4 Å². The van der Waals surface area contributed by atoms with Crippen LogP contribution in [0.1, 0.15) is 12.8 Å². The van der Waals surface area contributed by atoms with Crippen LogP contribution in [0, 0.1) is 0 Å². The molecule has 2 rings (SSSR count). The Balaban J connectivity index is 1.69. The Hall–Kier alpha value is -2.02. The SMILES string of the molecule is Cn1cnnc1SCCCC(=O)Nc1cccc(N)c1. The van der Waals surface area contributed by atoms with Crippen LogP contribution >= 0.6 is 11.8 Å². The highest BCUT2D eigenvalue weighted by Gasteiger charge is 2.05. The van der Waals surface area contributed by atoms with Crippen molar-refractivity contribution in [1.29, 1.82) is 0 Å². The van der Waals surface area contributed by atoms with Crippen molar-refractivity contribution in [1.82, 2.24) is 14.8 Å². The van der Waals surface area contributed by atoms with E-state index in [1.54, 1.807) is 30.2 Å². The number of anilines is 2. The summed E-state index contributed by atoms with van der Waals surface area (Å²) in [5, 5.41) is 11.5. The van der Waals surface area contributed by atoms with Crippen molar-refractivity contribution in [3.8, 4) is 0 Å². The van der Waals surface area contributed by atoms with Gasteiger partial charge in [0.25, 0.3) is 0 Å². The third-order valence-electron chi connectivity index (χ3n) is 2.62. The summed E-state index contributed by atoms with van der Waals surface area (Å²) in [5.41, 5.74) is 7.03. The Kier molecular flexibility index (Phi) is 5.00. The molecular formula is C13H17N5OS. The first-order chi connectivity index (χ1) is 9.65. The number of hydrogen-bond acceptors (Lipinski definition) is 5. The van der Waals surface area contributed by atoms with Gasteiger partial charge >= 0.3 is 0 Å². The Labute approximate surface area is 121 Å². The van der Waals surface area contributed by atoms with E-state index in [-0.39, 0.29) is 5.91 Å². The fourth-order valence-corrected chi connectivity index (χ4v) is 2.47. The third-order valence-corrected chi connectivity index (χ3v) is 3.74. The van der Waals surface area contributed by atoms with E-state index in [1.165, 1.54) is 0 Å². The number of amides is 1. The van der Waals surface area contributed by atoms with Gasteiger partial charge in [-0.1, -0.05) is 17.8 Å². The van der Waals surface area contributed by atoms with Crippen molar-refractivity contribution in [2.24, 2.45) is 7.05 Å². The molecule has 0 aliphatic heterocycles. The molecule has 0 saturated carbocycles. The maximum Gasteiger partial charge on any atom is 0.224 e. The number of benzene rings is 1. The molecule has 3 N–H and O–H groups in total. The Morgan fingerprint density at radius 1 is 1.50 bits per heavy atom. The van der Waals surface area contributed by atoms with Gasteiger partial charge in [-0.05, 0) is 24.6 Å². The molecule has 0 aliphatic rings. The summed E-state index contributed by atoms with van der Waals surface area (Å²) in [7, 11) is 1.90. The number of aryl methyl sites for hydroxylation is 1. The van der Waals surface area contributed by atoms with Crippen molar-refractivity contribution in [2.45, 2.75) is 18.0 Å². The highest BCUT2D eigenvalue weighted by Crippen LogP contribution is 2.16. The van der Waals surface area contributed by atoms with Crippen molar-refractivity contribution in [2.75, 3.05) is 16.8 Å². The number of nitrogens with zero attached hydrogens (tertiary/aromatic N) is 3. The summed E-state index contributed by atoms with van der Waals surface area (Å²) in [6.07, 6.45) is 2.92. The molecule has 0 aliphatic carbocycles. The zero-order chi connectivity index (χ0) is 14.4. The lowest BCUT2D eigenvalue weighted by molar-refractivity contribution is -0.116. The summed E-state index contributed by atoms with van der Waals surface area (Å²) in [6, 6.07) is 7.16. The average molecular weight is 291 g/mol. The van der Waals surface area contributed by atoms with E-state index in [2.05, 4.69) is 15.5 Å². The fraction of sp³-hybridized carbons (Fsp3) is 0.308. The molecule has 0 unspecified atom stereocenters. The summed E-state index contributed by atoms with van der Waals surface area (Å²) in [4.78, 5) is 11.8. The van der Waals surface area contributed by atoms with Crippen LogP contribution in [0.25, 0.3) is 0 Å². The number of carbonyl (C=O) groups excluding carboxylic acids is 1. The average Bonchev–Trinajstić information content (AvgIpc) is 2.80. The lowest BCUT2D eigenvalue weighted by Gasteiger charge is -2.05. The van der Waals surface area contributed by atoms with Gasteiger partial charge in [0, 0.05) is 30.6 Å². The van der Waals surface area contributed by atoms with Gasteiger partial charge in [0.2, 0.25) is 5.91 Å². The van der Waals surface area contributed by atoms with Crippen molar-refractivity contribution < 1.29 is 4.79 Å². The molecule has 2 aromatic rings. The molecular weight excluding hydrogens is 274 g/mol. The highest BCUT2D eigenvalue weighted by atomic mass is 32.2. The molecule has 7 heteroatoms. The predicted octanol–water partition coefficient (Wildman–Crippen LogP) is 1.91. The zero-order valence-electron chi connectivity index (χ0n) is 11.2. The van der Waals surface area contributed by atoms with Gasteiger partial charge in [-0.2, -0.15) is 0 Å². The minimum absolute atomic E-state index is 0.00540. The number of nitrogens with one attached hydrogen (secondary N) is 1. The maximum absolute atomic E-state index is 11.8. The molecule has 0 saturated heterocycles. The van der Waals surface area contributed by atoms with E-state index in [1.807, 2.05) is 23.7 Å². The Morgan fingerprint density at radius 3 is 3.05 bits per heavy atom. The standard InChI is InChI=1S/C13H17N5OS/c1-18-9-15-17-13(18)20-7-3-6-12(19)16-11-5-2-4-10(14)8-11/h2,4-5,8-9H,3,6-7,14H2,1H3,(H,16,19). The molecule has 20 heavy (non-hydrogen) atoms. The van der Waals surface area contributed by atoms with E-state index in [0.29, 0.717) is 12.1 Å². The first-order valence-electron chi connectivity index (χ1n) is 6.27. The van der Waals surface area contributed by atoms with Crippen molar-refractivity contribution >= 4 is 29.0 Å². The largest absolute Gasteiger partial charge is 0.399 e. The van der Waals surface area contributed by atoms with E-state index in [0.717, 1.165) is 23.0 Å². The minimum atomic E-state index is -0.00540. The molecule has 0 fully saturated rings. The summed E-state index contributed by atoms with van der Waals surface area (Å²) >= 11 is 1.59. The lowest BCUT2D eigenvalue weighted by Crippen LogP contribution is -2.11. The van der Waals surface area contributed by atoms with Gasteiger partial charge in [-0.25, -0.2) is 0 Å². The van der Waals surface area contributed by atoms with Crippen molar-refractivity contribution in [3.63, 3.8) is 0 Å². The molecule has 1 amide bonds. The molecule has 1 aromatic heterocycles. The van der Waals surface area contributed by atoms with Gasteiger partial charge in [0.15, 0.2) is 5.16 Å². The smallest absolute Gasteiger partial charge is 0.224 e. The quantitative estimate of drug-likeness (QED) is 0.482. The lowest BCUT2D eigenvalue weighted by atomic mass is 10.2. The number of hydrogen-bond donors (Lipinski definition) is 2. The van der Waals surface area contributed by atoms with Gasteiger partial charge < -0.3 is 15.6 Å². The number of carbonyl (C=O) groups is 1. The molecule has 0 radical (unpaired) electrons. The minimum Gasteiger partial charge on any atom is -0.399 e. The number of rotatable bonds is 6. The molecule has 0 spiro atoms. The van der Waals surface area contributed by atoms with Gasteiger partial charge in [0.1, 0.15) is 6.33 Å². The molecule has 0 atom stereocenters. The van der Waals surface area contributed by atoms with Crippen LogP contribution in [-0.4, -0.2) is 26.4 Å². The molecule has 1 aromatic carbocycles. The van der Waals surface area contributed by atoms with Crippen LogP contribution < -0.4 is 11.1 Å². The highest BCUT2D eigenvalue weighted by molar-refractivity contribution is 7.99. The topological polar surface area (TPSA) is 85.8 Å². The first-order valence-corrected chi connectivity index (χ1v) is 7.26. The van der Waals surface area contributed by atoms with Crippen LogP contribution in [-0.2, 0) is 11.8 Å². The Morgan fingerprint density at radius 2 is 2.35 bits per heavy atom. The monoisotopic (exact) mass is 291 g/mol. The number of nitrogens with two attached hydrogens (primary N) is 1. The van der Waals surface area contributed by atoms with Gasteiger partial charge in [-0.3, -0.25) is 4.79 Å². The molecule has 0 bridgehead atoms. The van der Waals surface area contributed by atoms with Crippen LogP contribution in [0.5, 0.6) is 0 Å². The van der Waals surface area contributed by atoms with E-state index < -0.39 is 0 Å². The summed E-state index contributed by atoms with van der Waals surface area (Å²) in [6.45, 7) is 0. The first kappa shape index (κ1) is 14.4. The second-order valence-electron chi connectivity index (χ2n) is 4.35. The number of thioether (sulfide) groups is 1. The summed E-state index contributed by atoms with van der Waals surface area (Å²) < 4.78 is 1.86. The predicted molar refractivity (Wildman–Crippen MR) is 80.4 cm³/mol. The molecule has 106 valence electrons. The van der Waals surface area contributed by atoms with Crippen molar-refractivity contribution in [3.05, 3.63) is 30.6 Å². The molecule has 6 nitrogen and oxygen atoms in total. The van der Waals surface area contributed by atoms with Gasteiger partial charge in [0.05, 0.1) is 0 Å². The Bertz CT molecular complexity index is 584. The van der Waals surface area contributed by atoms with Crippen LogP contribution in [0.3, 0.4) is 0 Å².